The van der Waals surface area contributed by atoms with Gasteiger partial charge in [-0.15, -0.1) is 22.7 Å². The third-order valence-corrected chi connectivity index (χ3v) is 8.88. The lowest BCUT2D eigenvalue weighted by atomic mass is 10.1. The van der Waals surface area contributed by atoms with Crippen LogP contribution in [-0.2, 0) is 9.47 Å². The van der Waals surface area contributed by atoms with Crippen molar-refractivity contribution < 1.29 is 19.1 Å². The number of carbonyl (C=O) groups excluding carboxylic acids is 2. The van der Waals surface area contributed by atoms with Crippen molar-refractivity contribution in [3.63, 3.8) is 0 Å². The molecule has 0 unspecified atom stereocenters. The predicted molar refractivity (Wildman–Crippen MR) is 134 cm³/mol. The summed E-state index contributed by atoms with van der Waals surface area (Å²) in [5, 5.41) is 4.03. The van der Waals surface area contributed by atoms with Crippen LogP contribution in [0.15, 0.2) is 81.2 Å². The highest BCUT2D eigenvalue weighted by Gasteiger charge is 2.16. The zero-order valence-electron chi connectivity index (χ0n) is 17.2. The molecule has 8 heteroatoms. The monoisotopic (exact) mass is 498 g/mol. The summed E-state index contributed by atoms with van der Waals surface area (Å²) in [6.45, 7) is 0. The number of carbonyl (C=O) groups is 2. The van der Waals surface area contributed by atoms with Gasteiger partial charge in [0.25, 0.3) is 0 Å². The van der Waals surface area contributed by atoms with Gasteiger partial charge in [0.2, 0.25) is 0 Å². The molecular weight excluding hydrogens is 481 g/mol. The van der Waals surface area contributed by atoms with E-state index in [9.17, 15) is 9.59 Å². The molecule has 0 saturated carbocycles. The highest BCUT2D eigenvalue weighted by molar-refractivity contribution is 8.76. The minimum absolute atomic E-state index is 0.356. The minimum Gasteiger partial charge on any atom is -0.465 e. The zero-order chi connectivity index (χ0) is 22.5. The molecule has 32 heavy (non-hydrogen) atoms. The van der Waals surface area contributed by atoms with Gasteiger partial charge in [-0.25, -0.2) is 9.59 Å². The van der Waals surface area contributed by atoms with E-state index in [1.807, 2.05) is 59.3 Å². The van der Waals surface area contributed by atoms with E-state index in [0.29, 0.717) is 11.1 Å². The van der Waals surface area contributed by atoms with Crippen LogP contribution in [0.2, 0.25) is 0 Å². The Balaban J connectivity index is 1.68. The number of ether oxygens (including phenoxy) is 2. The average molecular weight is 499 g/mol. The van der Waals surface area contributed by atoms with E-state index in [2.05, 4.69) is 0 Å². The largest absolute Gasteiger partial charge is 0.465 e. The third-order valence-electron chi connectivity index (χ3n) is 4.60. The molecule has 162 valence electrons. The molecule has 4 rings (SSSR count). The van der Waals surface area contributed by atoms with Crippen LogP contribution in [-0.4, -0.2) is 26.2 Å². The van der Waals surface area contributed by atoms with E-state index in [4.69, 9.17) is 9.47 Å². The maximum Gasteiger partial charge on any atom is 0.337 e. The number of hydrogen-bond donors (Lipinski definition) is 0. The Morgan fingerprint density at radius 3 is 1.47 bits per heavy atom. The lowest BCUT2D eigenvalue weighted by Crippen LogP contribution is -2.01. The minimum atomic E-state index is -0.356. The summed E-state index contributed by atoms with van der Waals surface area (Å²) in [7, 11) is 6.00. The summed E-state index contributed by atoms with van der Waals surface area (Å²) >= 11 is 3.25. The number of hydrogen-bond acceptors (Lipinski definition) is 8. The molecule has 0 radical (unpaired) electrons. The van der Waals surface area contributed by atoms with Crippen LogP contribution in [0, 0.1) is 0 Å². The van der Waals surface area contributed by atoms with Gasteiger partial charge >= 0.3 is 11.9 Å². The Bertz CT molecular complexity index is 1130. The molecule has 0 amide bonds. The quantitative estimate of drug-likeness (QED) is 0.194. The molecule has 0 fully saturated rings. The molecule has 0 bridgehead atoms. The molecule has 0 aliphatic heterocycles. The second kappa shape index (κ2) is 10.4. The smallest absolute Gasteiger partial charge is 0.337 e. The Morgan fingerprint density at radius 1 is 0.688 bits per heavy atom. The maximum atomic E-state index is 12.0. The Morgan fingerprint density at radius 2 is 1.12 bits per heavy atom. The summed E-state index contributed by atoms with van der Waals surface area (Å²) < 4.78 is 9.78. The van der Waals surface area contributed by atoms with Crippen LogP contribution < -0.4 is 0 Å². The zero-order valence-corrected chi connectivity index (χ0v) is 20.5. The lowest BCUT2D eigenvalue weighted by Gasteiger charge is -2.12. The SMILES string of the molecule is COC(=O)c1ccc(SSc2ccc(C(=O)OC)cc2-c2cccs2)c(-c2cccs2)c1. The van der Waals surface area contributed by atoms with E-state index in [1.165, 1.54) is 14.2 Å². The molecule has 0 spiro atoms. The second-order valence-electron chi connectivity index (χ2n) is 6.53. The molecule has 4 aromatic rings. The Hall–Kier alpha value is -2.52. The van der Waals surface area contributed by atoms with Crippen molar-refractivity contribution in [1.82, 2.24) is 0 Å². The standard InChI is InChI=1S/C24H18O4S4/c1-27-23(25)15-7-9-21(17(13-15)19-5-3-11-29-19)31-32-22-10-8-16(24(26)28-2)14-18(22)20-6-4-12-30-20/h3-14H,1-2H3. The van der Waals surface area contributed by atoms with Crippen LogP contribution in [0.25, 0.3) is 20.9 Å². The number of methoxy groups -OCH3 is 2. The summed E-state index contributed by atoms with van der Waals surface area (Å²) in [6, 6.07) is 19.3. The highest BCUT2D eigenvalue weighted by atomic mass is 33.1. The average Bonchev–Trinajstić information content (AvgIpc) is 3.56. The van der Waals surface area contributed by atoms with Gasteiger partial charge in [0.15, 0.2) is 0 Å². The van der Waals surface area contributed by atoms with Gasteiger partial charge in [-0.3, -0.25) is 0 Å². The third kappa shape index (κ3) is 4.94. The predicted octanol–water partition coefficient (Wildman–Crippen LogP) is 7.52. The van der Waals surface area contributed by atoms with Crippen molar-refractivity contribution in [2.75, 3.05) is 14.2 Å². The summed E-state index contributed by atoms with van der Waals surface area (Å²) in [5.74, 6) is -0.712. The van der Waals surface area contributed by atoms with Crippen molar-refractivity contribution in [3.05, 3.63) is 82.6 Å². The lowest BCUT2D eigenvalue weighted by molar-refractivity contribution is 0.0592. The number of rotatable bonds is 7. The van der Waals surface area contributed by atoms with Crippen molar-refractivity contribution in [2.45, 2.75) is 9.79 Å². The first kappa shape index (κ1) is 22.7. The van der Waals surface area contributed by atoms with Crippen molar-refractivity contribution >= 4 is 56.2 Å². The van der Waals surface area contributed by atoms with E-state index >= 15 is 0 Å². The fourth-order valence-corrected chi connectivity index (χ4v) is 7.03. The first-order valence-corrected chi connectivity index (χ1v) is 13.4. The molecule has 0 aliphatic carbocycles. The van der Waals surface area contributed by atoms with Gasteiger partial charge in [-0.05, 0) is 59.3 Å². The molecule has 0 N–H and O–H groups in total. The van der Waals surface area contributed by atoms with Gasteiger partial charge in [0.05, 0.1) is 25.3 Å². The number of benzene rings is 2. The fraction of sp³-hybridized carbons (Fsp3) is 0.0833. The van der Waals surface area contributed by atoms with Gasteiger partial charge in [0, 0.05) is 30.7 Å². The highest BCUT2D eigenvalue weighted by Crippen LogP contribution is 2.47. The molecule has 4 nitrogen and oxygen atoms in total. The summed E-state index contributed by atoms with van der Waals surface area (Å²) in [4.78, 5) is 28.3. The van der Waals surface area contributed by atoms with Gasteiger partial charge in [-0.1, -0.05) is 33.7 Å². The molecular formula is C24H18O4S4. The van der Waals surface area contributed by atoms with Gasteiger partial charge in [0.1, 0.15) is 0 Å². The Kier molecular flexibility index (Phi) is 7.36. The number of thiophene rings is 2. The summed E-state index contributed by atoms with van der Waals surface area (Å²) in [6.07, 6.45) is 0. The van der Waals surface area contributed by atoms with Crippen LogP contribution in [0.5, 0.6) is 0 Å². The molecule has 2 heterocycles. The first-order chi connectivity index (χ1) is 15.6. The van der Waals surface area contributed by atoms with Crippen molar-refractivity contribution in [2.24, 2.45) is 0 Å². The van der Waals surface area contributed by atoms with Crippen molar-refractivity contribution in [3.8, 4) is 20.9 Å². The molecule has 2 aromatic carbocycles. The molecule has 0 aliphatic rings. The van der Waals surface area contributed by atoms with Crippen molar-refractivity contribution in [1.29, 1.82) is 0 Å². The molecule has 2 aromatic heterocycles. The van der Waals surface area contributed by atoms with Crippen LogP contribution in [0.1, 0.15) is 20.7 Å². The second-order valence-corrected chi connectivity index (χ2v) is 10.6. The Labute approximate surface area is 202 Å². The topological polar surface area (TPSA) is 52.6 Å². The maximum absolute atomic E-state index is 12.0. The van der Waals surface area contributed by atoms with E-state index in [1.54, 1.807) is 56.4 Å². The van der Waals surface area contributed by atoms with Crippen LogP contribution in [0.4, 0.5) is 0 Å². The van der Waals surface area contributed by atoms with E-state index < -0.39 is 0 Å². The van der Waals surface area contributed by atoms with Crippen LogP contribution in [0.3, 0.4) is 0 Å². The van der Waals surface area contributed by atoms with E-state index in [-0.39, 0.29) is 11.9 Å². The van der Waals surface area contributed by atoms with E-state index in [0.717, 1.165) is 30.7 Å². The normalized spacial score (nSPS) is 10.7. The van der Waals surface area contributed by atoms with Gasteiger partial charge < -0.3 is 9.47 Å². The first-order valence-electron chi connectivity index (χ1n) is 9.47. The fourth-order valence-electron chi connectivity index (χ4n) is 3.03. The molecule has 0 atom stereocenters. The van der Waals surface area contributed by atoms with Crippen LogP contribution >= 0.6 is 44.3 Å². The van der Waals surface area contributed by atoms with Gasteiger partial charge in [-0.2, -0.15) is 0 Å². The molecule has 0 saturated heterocycles. The number of esters is 2. The summed E-state index contributed by atoms with van der Waals surface area (Å²) in [5.41, 5.74) is 3.02.